The highest BCUT2D eigenvalue weighted by Crippen LogP contribution is 2.22. The third-order valence-electron chi connectivity index (χ3n) is 5.07. The molecule has 4 rings (SSSR count). The first-order chi connectivity index (χ1) is 13.8. The van der Waals surface area contributed by atoms with E-state index in [1.54, 1.807) is 12.4 Å². The van der Waals surface area contributed by atoms with Crippen LogP contribution in [0.25, 0.3) is 11.1 Å². The number of benzene rings is 2. The van der Waals surface area contributed by atoms with Crippen LogP contribution in [0, 0.1) is 0 Å². The Kier molecular flexibility index (Phi) is 5.78. The van der Waals surface area contributed by atoms with E-state index >= 15 is 0 Å². The zero-order chi connectivity index (χ0) is 19.2. The normalized spacial score (nSPS) is 16.1. The van der Waals surface area contributed by atoms with Crippen LogP contribution in [-0.4, -0.2) is 28.5 Å². The van der Waals surface area contributed by atoms with E-state index in [0.29, 0.717) is 19.7 Å². The molecule has 1 fully saturated rings. The quantitative estimate of drug-likeness (QED) is 0.642. The van der Waals surface area contributed by atoms with E-state index < -0.39 is 0 Å². The van der Waals surface area contributed by atoms with Crippen molar-refractivity contribution in [2.75, 3.05) is 6.61 Å². The van der Waals surface area contributed by atoms with Crippen molar-refractivity contribution in [1.82, 2.24) is 9.88 Å². The summed E-state index contributed by atoms with van der Waals surface area (Å²) in [7, 11) is 0. The predicted molar refractivity (Wildman–Crippen MR) is 109 cm³/mol. The van der Waals surface area contributed by atoms with Gasteiger partial charge in [0.1, 0.15) is 6.10 Å². The van der Waals surface area contributed by atoms with E-state index in [0.717, 1.165) is 24.0 Å². The smallest absolute Gasteiger partial charge is 0.252 e. The molecule has 4 nitrogen and oxygen atoms in total. The highest BCUT2D eigenvalue weighted by atomic mass is 16.5. The molecule has 1 atom stereocenters. The minimum atomic E-state index is -0.314. The first kappa shape index (κ1) is 18.4. The van der Waals surface area contributed by atoms with Crippen molar-refractivity contribution < 1.29 is 9.53 Å². The molecule has 4 heteroatoms. The molecular weight excluding hydrogens is 348 g/mol. The van der Waals surface area contributed by atoms with E-state index in [1.807, 2.05) is 35.2 Å². The largest absolute Gasteiger partial charge is 0.368 e. The fourth-order valence-electron chi connectivity index (χ4n) is 3.55. The number of aromatic nitrogens is 1. The van der Waals surface area contributed by atoms with Gasteiger partial charge in [-0.05, 0) is 47.2 Å². The third kappa shape index (κ3) is 4.46. The maximum Gasteiger partial charge on any atom is 0.252 e. The van der Waals surface area contributed by atoms with Gasteiger partial charge in [0.25, 0.3) is 5.91 Å². The van der Waals surface area contributed by atoms with Gasteiger partial charge in [0.05, 0.1) is 0 Å². The molecule has 2 heterocycles. The Morgan fingerprint density at radius 1 is 0.893 bits per heavy atom. The highest BCUT2D eigenvalue weighted by Gasteiger charge is 2.28. The van der Waals surface area contributed by atoms with Crippen molar-refractivity contribution in [3.05, 3.63) is 90.3 Å². The van der Waals surface area contributed by atoms with Gasteiger partial charge in [0.15, 0.2) is 0 Å². The summed E-state index contributed by atoms with van der Waals surface area (Å²) in [4.78, 5) is 19.0. The SMILES string of the molecule is O=C([C@H]1CCCO1)N(Cc1ccncc1)Cc1ccc(-c2ccccc2)cc1. The molecule has 0 radical (unpaired) electrons. The van der Waals surface area contributed by atoms with E-state index in [-0.39, 0.29) is 12.0 Å². The number of nitrogens with zero attached hydrogens (tertiary/aromatic N) is 2. The van der Waals surface area contributed by atoms with Gasteiger partial charge in [-0.2, -0.15) is 0 Å². The van der Waals surface area contributed by atoms with E-state index in [2.05, 4.69) is 41.4 Å². The Morgan fingerprint density at radius 3 is 2.18 bits per heavy atom. The van der Waals surface area contributed by atoms with Crippen LogP contribution in [0.2, 0.25) is 0 Å². The molecule has 0 unspecified atom stereocenters. The molecule has 1 aliphatic rings. The summed E-state index contributed by atoms with van der Waals surface area (Å²) in [6, 6.07) is 22.7. The lowest BCUT2D eigenvalue weighted by molar-refractivity contribution is -0.142. The number of amides is 1. The van der Waals surface area contributed by atoms with Crippen molar-refractivity contribution in [2.24, 2.45) is 0 Å². The first-order valence-electron chi connectivity index (χ1n) is 9.73. The molecule has 2 aromatic carbocycles. The van der Waals surface area contributed by atoms with Crippen LogP contribution in [0.4, 0.5) is 0 Å². The second-order valence-electron chi connectivity index (χ2n) is 7.11. The van der Waals surface area contributed by atoms with Gasteiger partial charge in [-0.15, -0.1) is 0 Å². The highest BCUT2D eigenvalue weighted by molar-refractivity contribution is 5.81. The van der Waals surface area contributed by atoms with Crippen LogP contribution in [0.1, 0.15) is 24.0 Å². The van der Waals surface area contributed by atoms with Crippen molar-refractivity contribution in [3.8, 4) is 11.1 Å². The van der Waals surface area contributed by atoms with Gasteiger partial charge < -0.3 is 9.64 Å². The van der Waals surface area contributed by atoms with Crippen LogP contribution >= 0.6 is 0 Å². The molecule has 28 heavy (non-hydrogen) atoms. The molecule has 0 saturated carbocycles. The zero-order valence-electron chi connectivity index (χ0n) is 15.8. The average molecular weight is 372 g/mol. The molecule has 3 aromatic rings. The molecule has 1 aromatic heterocycles. The molecule has 0 bridgehead atoms. The van der Waals surface area contributed by atoms with Crippen LogP contribution in [0.5, 0.6) is 0 Å². The molecular formula is C24H24N2O2. The summed E-state index contributed by atoms with van der Waals surface area (Å²) in [5, 5.41) is 0. The second kappa shape index (κ2) is 8.81. The third-order valence-corrected chi connectivity index (χ3v) is 5.07. The van der Waals surface area contributed by atoms with E-state index in [9.17, 15) is 4.79 Å². The minimum absolute atomic E-state index is 0.0708. The fraction of sp³-hybridized carbons (Fsp3) is 0.250. The fourth-order valence-corrected chi connectivity index (χ4v) is 3.55. The number of carbonyl (C=O) groups is 1. The topological polar surface area (TPSA) is 42.4 Å². The molecule has 1 aliphatic heterocycles. The first-order valence-corrected chi connectivity index (χ1v) is 9.73. The Hall–Kier alpha value is -2.98. The standard InChI is InChI=1S/C24H24N2O2/c27-24(23-7-4-16-28-23)26(18-20-12-14-25-15-13-20)17-19-8-10-22(11-9-19)21-5-2-1-3-6-21/h1-3,5-6,8-15,23H,4,7,16-18H2/t23-/m1/s1. The summed E-state index contributed by atoms with van der Waals surface area (Å²) in [6.45, 7) is 1.79. The van der Waals surface area contributed by atoms with Crippen molar-refractivity contribution >= 4 is 5.91 Å². The molecule has 0 spiro atoms. The lowest BCUT2D eigenvalue weighted by atomic mass is 10.0. The van der Waals surface area contributed by atoms with Crippen LogP contribution < -0.4 is 0 Å². The summed E-state index contributed by atoms with van der Waals surface area (Å²) < 4.78 is 5.64. The number of pyridine rings is 1. The average Bonchev–Trinajstić information content (AvgIpc) is 3.30. The summed E-state index contributed by atoms with van der Waals surface area (Å²) in [5.74, 6) is 0.0708. The Bertz CT molecular complexity index is 889. The summed E-state index contributed by atoms with van der Waals surface area (Å²) in [5.41, 5.74) is 4.55. The molecule has 1 saturated heterocycles. The van der Waals surface area contributed by atoms with E-state index in [4.69, 9.17) is 4.74 Å². The van der Waals surface area contributed by atoms with Crippen LogP contribution in [0.15, 0.2) is 79.1 Å². The molecule has 1 amide bonds. The van der Waals surface area contributed by atoms with Crippen molar-refractivity contribution in [3.63, 3.8) is 0 Å². The number of hydrogen-bond donors (Lipinski definition) is 0. The number of hydrogen-bond acceptors (Lipinski definition) is 3. The molecule has 0 aliphatic carbocycles. The minimum Gasteiger partial charge on any atom is -0.368 e. The lowest BCUT2D eigenvalue weighted by Crippen LogP contribution is -2.38. The number of ether oxygens (including phenoxy) is 1. The van der Waals surface area contributed by atoms with Crippen LogP contribution in [0.3, 0.4) is 0 Å². The Balaban J connectivity index is 1.52. The second-order valence-corrected chi connectivity index (χ2v) is 7.11. The zero-order valence-corrected chi connectivity index (χ0v) is 15.8. The molecule has 0 N–H and O–H groups in total. The number of rotatable bonds is 6. The van der Waals surface area contributed by atoms with Gasteiger partial charge in [0, 0.05) is 32.1 Å². The van der Waals surface area contributed by atoms with Gasteiger partial charge in [-0.3, -0.25) is 9.78 Å². The monoisotopic (exact) mass is 372 g/mol. The summed E-state index contributed by atoms with van der Waals surface area (Å²) in [6.07, 6.45) is 4.96. The van der Waals surface area contributed by atoms with Gasteiger partial charge in [0.2, 0.25) is 0 Å². The maximum atomic E-state index is 13.0. The molecule has 142 valence electrons. The van der Waals surface area contributed by atoms with Crippen LogP contribution in [-0.2, 0) is 22.6 Å². The predicted octanol–water partition coefficient (Wildman–Crippen LogP) is 4.46. The van der Waals surface area contributed by atoms with Gasteiger partial charge in [-0.1, -0.05) is 54.6 Å². The Labute approximate surface area is 165 Å². The lowest BCUT2D eigenvalue weighted by Gasteiger charge is -2.25. The maximum absolute atomic E-state index is 13.0. The van der Waals surface area contributed by atoms with Crippen molar-refractivity contribution in [1.29, 1.82) is 0 Å². The van der Waals surface area contributed by atoms with Gasteiger partial charge in [-0.25, -0.2) is 0 Å². The Morgan fingerprint density at radius 2 is 1.54 bits per heavy atom. The summed E-state index contributed by atoms with van der Waals surface area (Å²) >= 11 is 0. The van der Waals surface area contributed by atoms with Crippen molar-refractivity contribution in [2.45, 2.75) is 32.0 Å². The van der Waals surface area contributed by atoms with E-state index in [1.165, 1.54) is 11.1 Å². The van der Waals surface area contributed by atoms with Gasteiger partial charge >= 0.3 is 0 Å². The number of carbonyl (C=O) groups excluding carboxylic acids is 1.